The van der Waals surface area contributed by atoms with Gasteiger partial charge in [0.1, 0.15) is 0 Å². The first-order valence-corrected chi connectivity index (χ1v) is 6.08. The summed E-state index contributed by atoms with van der Waals surface area (Å²) in [6.07, 6.45) is -27.2. The van der Waals surface area contributed by atoms with Crippen molar-refractivity contribution in [2.75, 3.05) is 0 Å². The van der Waals surface area contributed by atoms with Crippen molar-refractivity contribution >= 4 is 0 Å². The molecule has 0 aromatic heterocycles. The van der Waals surface area contributed by atoms with Crippen LogP contribution in [0, 0.1) is 0 Å². The van der Waals surface area contributed by atoms with Gasteiger partial charge in [-0.05, 0) is 0 Å². The van der Waals surface area contributed by atoms with Crippen LogP contribution >= 0.6 is 0 Å². The van der Waals surface area contributed by atoms with E-state index < -0.39 is 54.8 Å². The lowest BCUT2D eigenvalue weighted by molar-refractivity contribution is -0.284. The Morgan fingerprint density at radius 2 is 0.424 bits per heavy atom. The van der Waals surface area contributed by atoms with Gasteiger partial charge >= 0.3 is 43.1 Å². The molecule has 24 heteroatoms. The van der Waals surface area contributed by atoms with Gasteiger partial charge in [0.05, 0.1) is 0 Å². The van der Waals surface area contributed by atoms with Crippen LogP contribution in [0.4, 0.5) is 92.2 Å². The monoisotopic (exact) mass is 555 g/mol. The van der Waals surface area contributed by atoms with Crippen LogP contribution in [0.2, 0.25) is 0 Å². The van der Waals surface area contributed by atoms with E-state index in [1.54, 1.807) is 0 Å². The fourth-order valence-corrected chi connectivity index (χ4v) is 0.525. The molecule has 0 aromatic rings. The third kappa shape index (κ3) is 23.1. The minimum Gasteiger partial charge on any atom is -0.242 e. The van der Waals surface area contributed by atoms with Crippen molar-refractivity contribution in [3.63, 3.8) is 0 Å². The van der Waals surface area contributed by atoms with Crippen molar-refractivity contribution < 1.29 is 92.2 Å². The van der Waals surface area contributed by atoms with Crippen molar-refractivity contribution in [2.24, 2.45) is 17.2 Å². The fourth-order valence-electron chi connectivity index (χ4n) is 0.525. The molecule has 0 spiro atoms. The molecule has 0 unspecified atom stereocenters. The molecule has 3 nitrogen and oxygen atoms in total. The van der Waals surface area contributed by atoms with Crippen LogP contribution in [0.15, 0.2) is 11.7 Å². The van der Waals surface area contributed by atoms with E-state index >= 15 is 0 Å². The summed E-state index contributed by atoms with van der Waals surface area (Å²) < 4.78 is 232. The maximum absolute atomic E-state index is 12.2. The summed E-state index contributed by atoms with van der Waals surface area (Å²) in [5, 5.41) is 0. The van der Waals surface area contributed by atoms with Crippen molar-refractivity contribution in [3.05, 3.63) is 11.7 Å². The number of halogens is 21. The van der Waals surface area contributed by atoms with Crippen LogP contribution in [0.1, 0.15) is 0 Å². The highest BCUT2D eigenvalue weighted by molar-refractivity contribution is 5.19. The second-order valence-corrected chi connectivity index (χ2v) is 4.40. The molecule has 0 bridgehead atoms. The molecule has 0 aliphatic carbocycles. The van der Waals surface area contributed by atoms with Crippen molar-refractivity contribution in [1.29, 1.82) is 0 Å². The fraction of sp³-hybridized carbons (Fsp3) is 0.778. The van der Waals surface area contributed by atoms with Gasteiger partial charge in [0.15, 0.2) is 0 Å². The predicted octanol–water partition coefficient (Wildman–Crippen LogP) is 5.93. The number of nitrogens with two attached hydrogens (primary N) is 3. The Balaban J connectivity index is -0.000000226. The van der Waals surface area contributed by atoms with Gasteiger partial charge in [0.2, 0.25) is 11.7 Å². The minimum absolute atomic E-state index is 3.35. The zero-order chi connectivity index (χ0) is 28.7. The Labute approximate surface area is 165 Å². The summed E-state index contributed by atoms with van der Waals surface area (Å²) in [6, 6.07) is 0. The van der Waals surface area contributed by atoms with E-state index in [-0.39, 0.29) is 0 Å². The quantitative estimate of drug-likeness (QED) is 0.292. The van der Waals surface area contributed by atoms with Crippen molar-refractivity contribution in [3.8, 4) is 0 Å². The summed E-state index contributed by atoms with van der Waals surface area (Å²) >= 11 is 0. The van der Waals surface area contributed by atoms with Crippen LogP contribution in [0.25, 0.3) is 0 Å². The third-order valence-electron chi connectivity index (χ3n) is 1.46. The molecule has 33 heavy (non-hydrogen) atoms. The molecular formula is C9H6F21N3. The Hall–Kier alpha value is -1.85. The highest BCUT2D eigenvalue weighted by Crippen LogP contribution is 2.49. The molecule has 0 aromatic carbocycles. The van der Waals surface area contributed by atoms with E-state index in [1.165, 1.54) is 0 Å². The molecule has 0 heterocycles. The summed E-state index contributed by atoms with van der Waals surface area (Å²) in [5.41, 5.74) is 10.1. The molecule has 0 fully saturated rings. The van der Waals surface area contributed by atoms with E-state index in [0.717, 1.165) is 0 Å². The molecule has 6 N–H and O–H groups in total. The average Bonchev–Trinajstić information content (AvgIpc) is 2.37. The molecule has 0 amide bonds. The highest BCUT2D eigenvalue weighted by atomic mass is 19.4. The van der Waals surface area contributed by atoms with Gasteiger partial charge in [-0.2, -0.15) is 83.4 Å². The van der Waals surface area contributed by atoms with Gasteiger partial charge in [-0.1, -0.05) is 0 Å². The van der Waals surface area contributed by atoms with Gasteiger partial charge in [0.25, 0.3) is 0 Å². The Morgan fingerprint density at radius 1 is 0.333 bits per heavy atom. The molecule has 0 atom stereocenters. The van der Waals surface area contributed by atoms with Crippen LogP contribution < -0.4 is 17.2 Å². The SMILES string of the molecule is FC(=C(F)C(F)(F)C(F)(F)F)C(F)(F)C(F)(F)F.NC(F)(F)F.NC(F)(F)F.NC(F)(F)F. The van der Waals surface area contributed by atoms with Gasteiger partial charge < -0.3 is 0 Å². The van der Waals surface area contributed by atoms with E-state index in [4.69, 9.17) is 0 Å². The van der Waals surface area contributed by atoms with Crippen LogP contribution in [-0.2, 0) is 0 Å². The smallest absolute Gasteiger partial charge is 0.242 e. The summed E-state index contributed by atoms with van der Waals surface area (Å²) in [7, 11) is 0. The molecular weight excluding hydrogens is 549 g/mol. The van der Waals surface area contributed by atoms with E-state index in [9.17, 15) is 92.2 Å². The van der Waals surface area contributed by atoms with Crippen LogP contribution in [0.3, 0.4) is 0 Å². The van der Waals surface area contributed by atoms with Gasteiger partial charge in [0, 0.05) is 0 Å². The first-order valence-electron chi connectivity index (χ1n) is 6.08. The standard InChI is InChI=1S/C6F12.3CH2F3N/c7-1(3(9,10)5(13,14)15)2(8)4(11,12)6(16,17)18;3*2-1(3,4)5/h;3*5H2. The number of alkyl halides is 19. The lowest BCUT2D eigenvalue weighted by Crippen LogP contribution is -2.42. The number of rotatable bonds is 2. The number of hydrogen-bond acceptors (Lipinski definition) is 3. The van der Waals surface area contributed by atoms with Crippen molar-refractivity contribution in [2.45, 2.75) is 43.1 Å². The predicted molar refractivity (Wildman–Crippen MR) is 62.0 cm³/mol. The largest absolute Gasteiger partial charge is 0.460 e. The number of hydrogen-bond donors (Lipinski definition) is 3. The molecule has 204 valence electrons. The lowest BCUT2D eigenvalue weighted by Gasteiger charge is -2.22. The van der Waals surface area contributed by atoms with Gasteiger partial charge in [-0.15, -0.1) is 0 Å². The van der Waals surface area contributed by atoms with Gasteiger partial charge in [-0.25, -0.2) is 26.0 Å². The average molecular weight is 555 g/mol. The molecule has 0 aliphatic heterocycles. The third-order valence-corrected chi connectivity index (χ3v) is 1.46. The summed E-state index contributed by atoms with van der Waals surface area (Å²) in [6.45, 7) is 0. The summed E-state index contributed by atoms with van der Waals surface area (Å²) in [5.74, 6) is -22.7. The molecule has 0 rings (SSSR count). The maximum Gasteiger partial charge on any atom is 0.460 e. The van der Waals surface area contributed by atoms with E-state index in [2.05, 4.69) is 17.2 Å². The molecule has 0 saturated heterocycles. The maximum atomic E-state index is 12.2. The Kier molecular flexibility index (Phi) is 14.0. The Morgan fingerprint density at radius 3 is 0.485 bits per heavy atom. The van der Waals surface area contributed by atoms with E-state index in [1.807, 2.05) is 0 Å². The normalized spacial score (nSPS) is 14.5. The lowest BCUT2D eigenvalue weighted by atomic mass is 10.2. The van der Waals surface area contributed by atoms with Crippen LogP contribution in [0.5, 0.6) is 0 Å². The van der Waals surface area contributed by atoms with E-state index in [0.29, 0.717) is 0 Å². The molecule has 0 aliphatic rings. The van der Waals surface area contributed by atoms with Crippen LogP contribution in [-0.4, -0.2) is 43.1 Å². The molecule has 0 saturated carbocycles. The second kappa shape index (κ2) is 12.0. The Bertz CT molecular complexity index is 504. The molecule has 0 radical (unpaired) electrons. The minimum atomic E-state index is -6.86. The zero-order valence-corrected chi connectivity index (χ0v) is 14.2. The highest BCUT2D eigenvalue weighted by Gasteiger charge is 2.68. The van der Waals surface area contributed by atoms with Gasteiger partial charge in [-0.3, -0.25) is 0 Å². The zero-order valence-electron chi connectivity index (χ0n) is 14.2. The first-order chi connectivity index (χ1) is 13.6. The second-order valence-electron chi connectivity index (χ2n) is 4.40. The summed E-state index contributed by atoms with van der Waals surface area (Å²) in [4.78, 5) is 0. The number of allylic oxidation sites excluding steroid dienone is 2. The first kappa shape index (κ1) is 38.4. The topological polar surface area (TPSA) is 78.1 Å². The van der Waals surface area contributed by atoms with Crippen molar-refractivity contribution in [1.82, 2.24) is 0 Å².